The van der Waals surface area contributed by atoms with Crippen molar-refractivity contribution in [2.75, 3.05) is 13.6 Å². The second-order valence-electron chi connectivity index (χ2n) is 8.66. The zero-order chi connectivity index (χ0) is 23.0. The number of carboxylic acids is 1. The van der Waals surface area contributed by atoms with Gasteiger partial charge in [-0.15, -0.1) is 5.10 Å². The molecule has 0 saturated heterocycles. The van der Waals surface area contributed by atoms with Gasteiger partial charge in [0.15, 0.2) is 0 Å². The third kappa shape index (κ3) is 4.26. The monoisotopic (exact) mass is 443 g/mol. The number of aryl methyl sites for hydroxylation is 2. The predicted octanol–water partition coefficient (Wildman–Crippen LogP) is 2.65. The fraction of sp³-hybridized carbons (Fsp3) is 0.591. The number of aromatic nitrogens is 4. The van der Waals surface area contributed by atoms with Crippen molar-refractivity contribution in [3.8, 4) is 17.1 Å². The zero-order valence-electron chi connectivity index (χ0n) is 18.8. The molecule has 0 aromatic carbocycles. The zero-order valence-corrected chi connectivity index (χ0v) is 18.8. The summed E-state index contributed by atoms with van der Waals surface area (Å²) in [5, 5.41) is 17.6. The van der Waals surface area contributed by atoms with Crippen LogP contribution in [-0.4, -0.2) is 61.7 Å². The molecule has 2 aliphatic rings. The summed E-state index contributed by atoms with van der Waals surface area (Å²) in [6.07, 6.45) is 1.82. The predicted molar refractivity (Wildman–Crippen MR) is 114 cm³/mol. The summed E-state index contributed by atoms with van der Waals surface area (Å²) in [5.41, 5.74) is 2.48. The topological polar surface area (TPSA) is 120 Å². The molecular weight excluding hydrogens is 414 g/mol. The van der Waals surface area contributed by atoms with Gasteiger partial charge < -0.3 is 19.5 Å². The van der Waals surface area contributed by atoms with Gasteiger partial charge in [0.1, 0.15) is 29.8 Å². The first-order valence-electron chi connectivity index (χ1n) is 10.9. The maximum atomic E-state index is 12.1. The molecule has 4 rings (SSSR count). The Kier molecular flexibility index (Phi) is 6.03. The van der Waals surface area contributed by atoms with Crippen molar-refractivity contribution in [2.24, 2.45) is 24.8 Å². The quantitative estimate of drug-likeness (QED) is 0.661. The molecule has 10 nitrogen and oxygen atoms in total. The van der Waals surface area contributed by atoms with Crippen LogP contribution in [0.5, 0.6) is 5.75 Å². The Balaban J connectivity index is 1.46. The van der Waals surface area contributed by atoms with E-state index in [0.717, 1.165) is 12.8 Å². The molecule has 4 atom stereocenters. The van der Waals surface area contributed by atoms with Gasteiger partial charge in [-0.3, -0.25) is 4.79 Å². The smallest absolute Gasteiger partial charge is 0.409 e. The molecule has 32 heavy (non-hydrogen) atoms. The van der Waals surface area contributed by atoms with Gasteiger partial charge >= 0.3 is 12.1 Å². The maximum absolute atomic E-state index is 12.1. The molecule has 172 valence electrons. The van der Waals surface area contributed by atoms with Crippen LogP contribution in [0.3, 0.4) is 0 Å². The standard InChI is InChI=1S/C22H29N5O5/c1-5-8-26(3)22(30)31-11-17-20(24-25-27(17)4)16-6-7-18(12(2)23-16)32-19-10-15(21(28)29)13-9-14(13)19/h6-7,13-15,19H,5,8-11H2,1-4H3,(H,28,29)/t13-,14+,15+,19+/m1/s1. The van der Waals surface area contributed by atoms with E-state index >= 15 is 0 Å². The van der Waals surface area contributed by atoms with Gasteiger partial charge in [-0.2, -0.15) is 0 Å². The van der Waals surface area contributed by atoms with Crippen molar-refractivity contribution >= 4 is 12.1 Å². The maximum Gasteiger partial charge on any atom is 0.409 e. The number of amides is 1. The van der Waals surface area contributed by atoms with Crippen LogP contribution in [0.15, 0.2) is 12.1 Å². The van der Waals surface area contributed by atoms with Crippen molar-refractivity contribution in [1.29, 1.82) is 0 Å². The van der Waals surface area contributed by atoms with E-state index in [9.17, 15) is 14.7 Å². The number of rotatable bonds is 8. The van der Waals surface area contributed by atoms with E-state index in [1.54, 1.807) is 24.8 Å². The number of carbonyl (C=O) groups is 2. The highest BCUT2D eigenvalue weighted by molar-refractivity contribution is 5.72. The van der Waals surface area contributed by atoms with Crippen LogP contribution in [0, 0.1) is 24.7 Å². The molecule has 0 spiro atoms. The van der Waals surface area contributed by atoms with Gasteiger partial charge in [0.05, 0.1) is 17.3 Å². The number of aliphatic carboxylic acids is 1. The first kappa shape index (κ1) is 22.0. The van der Waals surface area contributed by atoms with E-state index in [2.05, 4.69) is 15.3 Å². The number of ether oxygens (including phenoxy) is 2. The second kappa shape index (κ2) is 8.76. The lowest BCUT2D eigenvalue weighted by atomic mass is 10.0. The largest absolute Gasteiger partial charge is 0.488 e. The third-order valence-electron chi connectivity index (χ3n) is 6.39. The van der Waals surface area contributed by atoms with E-state index in [1.807, 2.05) is 19.9 Å². The summed E-state index contributed by atoms with van der Waals surface area (Å²) in [7, 11) is 3.44. The minimum Gasteiger partial charge on any atom is -0.488 e. The molecule has 1 N–H and O–H groups in total. The summed E-state index contributed by atoms with van der Waals surface area (Å²) < 4.78 is 13.1. The molecule has 2 saturated carbocycles. The number of carbonyl (C=O) groups excluding carboxylic acids is 1. The number of hydrogen-bond acceptors (Lipinski definition) is 7. The van der Waals surface area contributed by atoms with Crippen LogP contribution in [0.1, 0.15) is 37.6 Å². The molecule has 1 amide bonds. The summed E-state index contributed by atoms with van der Waals surface area (Å²) in [4.78, 5) is 29.7. The fourth-order valence-corrected chi connectivity index (χ4v) is 4.52. The summed E-state index contributed by atoms with van der Waals surface area (Å²) in [5.74, 6) is 0.173. The SMILES string of the molecule is CCCN(C)C(=O)OCc1c(-c2ccc(O[C@H]3C[C@H](C(=O)O)[C@@H]4C[C@@H]43)c(C)n2)nnn1C. The minimum absolute atomic E-state index is 0.0341. The van der Waals surface area contributed by atoms with Gasteiger partial charge in [-0.25, -0.2) is 14.5 Å². The number of fused-ring (bicyclic) bond motifs is 1. The lowest BCUT2D eigenvalue weighted by Crippen LogP contribution is -2.28. The van der Waals surface area contributed by atoms with Gasteiger partial charge in [0, 0.05) is 20.6 Å². The van der Waals surface area contributed by atoms with Crippen LogP contribution in [0.25, 0.3) is 11.4 Å². The van der Waals surface area contributed by atoms with Gasteiger partial charge in [-0.05, 0) is 50.2 Å². The summed E-state index contributed by atoms with van der Waals surface area (Å²) in [6.45, 7) is 4.50. The Morgan fingerprint density at radius 2 is 2.06 bits per heavy atom. The summed E-state index contributed by atoms with van der Waals surface area (Å²) >= 11 is 0. The Morgan fingerprint density at radius 3 is 2.72 bits per heavy atom. The van der Waals surface area contributed by atoms with Crippen LogP contribution in [0.4, 0.5) is 4.79 Å². The number of hydrogen-bond donors (Lipinski definition) is 1. The van der Waals surface area contributed by atoms with E-state index in [4.69, 9.17) is 9.47 Å². The molecule has 0 bridgehead atoms. The number of pyridine rings is 1. The average molecular weight is 444 g/mol. The van der Waals surface area contributed by atoms with Gasteiger partial charge in [-0.1, -0.05) is 12.1 Å². The first-order valence-corrected chi connectivity index (χ1v) is 10.9. The molecule has 2 fully saturated rings. The van der Waals surface area contributed by atoms with Crippen molar-refractivity contribution in [3.63, 3.8) is 0 Å². The minimum atomic E-state index is -0.731. The van der Waals surface area contributed by atoms with E-state index < -0.39 is 12.1 Å². The Bertz CT molecular complexity index is 1020. The molecule has 0 radical (unpaired) electrons. The molecule has 0 unspecified atom stereocenters. The highest BCUT2D eigenvalue weighted by Gasteiger charge is 2.58. The summed E-state index contributed by atoms with van der Waals surface area (Å²) in [6, 6.07) is 3.64. The van der Waals surface area contributed by atoms with Crippen molar-refractivity contribution < 1.29 is 24.2 Å². The van der Waals surface area contributed by atoms with Crippen molar-refractivity contribution in [3.05, 3.63) is 23.5 Å². The molecule has 10 heteroatoms. The number of carboxylic acid groups (broad SMARTS) is 1. The molecular formula is C22H29N5O5. The van der Waals surface area contributed by atoms with E-state index in [1.165, 1.54) is 4.90 Å². The lowest BCUT2D eigenvalue weighted by molar-refractivity contribution is -0.142. The van der Waals surface area contributed by atoms with Crippen molar-refractivity contribution in [1.82, 2.24) is 24.9 Å². The Morgan fingerprint density at radius 1 is 1.28 bits per heavy atom. The molecule has 2 aromatic rings. The normalized spacial score (nSPS) is 23.5. The molecule has 2 aliphatic carbocycles. The Labute approximate surface area is 186 Å². The van der Waals surface area contributed by atoms with E-state index in [0.29, 0.717) is 47.4 Å². The van der Waals surface area contributed by atoms with Crippen LogP contribution in [-0.2, 0) is 23.2 Å². The van der Waals surface area contributed by atoms with Crippen LogP contribution >= 0.6 is 0 Å². The average Bonchev–Trinajstić information content (AvgIpc) is 3.34. The van der Waals surface area contributed by atoms with Crippen molar-refractivity contribution in [2.45, 2.75) is 45.8 Å². The molecule has 2 aromatic heterocycles. The lowest BCUT2D eigenvalue weighted by Gasteiger charge is -2.18. The van der Waals surface area contributed by atoms with Crippen LogP contribution < -0.4 is 4.74 Å². The Hall–Kier alpha value is -3.17. The molecule has 2 heterocycles. The van der Waals surface area contributed by atoms with Crippen LogP contribution in [0.2, 0.25) is 0 Å². The molecule has 0 aliphatic heterocycles. The first-order chi connectivity index (χ1) is 15.3. The number of nitrogens with zero attached hydrogens (tertiary/aromatic N) is 5. The second-order valence-corrected chi connectivity index (χ2v) is 8.66. The fourth-order valence-electron chi connectivity index (χ4n) is 4.52. The highest BCUT2D eigenvalue weighted by atomic mass is 16.6. The van der Waals surface area contributed by atoms with Gasteiger partial charge in [0.25, 0.3) is 0 Å². The van der Waals surface area contributed by atoms with Gasteiger partial charge in [0.2, 0.25) is 0 Å². The highest BCUT2D eigenvalue weighted by Crippen LogP contribution is 2.56. The van der Waals surface area contributed by atoms with E-state index in [-0.39, 0.29) is 24.5 Å². The third-order valence-corrected chi connectivity index (χ3v) is 6.39.